The number of fused-ring (bicyclic) bond motifs is 3. The molecule has 2 aromatic carbocycles. The third kappa shape index (κ3) is 4.57. The normalized spacial score (nSPS) is 19.9. The Kier molecular flexibility index (Phi) is 6.65. The first-order chi connectivity index (χ1) is 15.9. The molecule has 0 aromatic heterocycles. The molecule has 0 saturated carbocycles. The van der Waals surface area contributed by atoms with E-state index in [2.05, 4.69) is 22.8 Å². The lowest BCUT2D eigenvalue weighted by atomic mass is 9.98. The van der Waals surface area contributed by atoms with Gasteiger partial charge in [0.1, 0.15) is 12.6 Å². The van der Waals surface area contributed by atoms with Crippen molar-refractivity contribution in [1.82, 2.24) is 10.6 Å². The molecule has 174 valence electrons. The van der Waals surface area contributed by atoms with Crippen LogP contribution >= 0.6 is 0 Å². The van der Waals surface area contributed by atoms with Gasteiger partial charge in [-0.25, -0.2) is 9.59 Å². The molecular weight excluding hydrogens is 424 g/mol. The van der Waals surface area contributed by atoms with E-state index in [4.69, 9.17) is 9.47 Å². The number of rotatable bonds is 8. The van der Waals surface area contributed by atoms with Crippen LogP contribution in [0.25, 0.3) is 11.1 Å². The topological polar surface area (TPSA) is 114 Å². The highest BCUT2D eigenvalue weighted by atomic mass is 16.5. The number of aliphatic carboxylic acids is 1. The molecule has 1 heterocycles. The maximum Gasteiger partial charge on any atom is 0.407 e. The highest BCUT2D eigenvalue weighted by Gasteiger charge is 2.45. The fraction of sp³-hybridized carbons (Fsp3) is 0.400. The minimum absolute atomic E-state index is 0.0903. The highest BCUT2D eigenvalue weighted by Crippen LogP contribution is 2.44. The second-order valence-electron chi connectivity index (χ2n) is 8.49. The molecule has 1 aliphatic heterocycles. The summed E-state index contributed by atoms with van der Waals surface area (Å²) in [5.74, 6) is -1.80. The van der Waals surface area contributed by atoms with Gasteiger partial charge in [-0.05, 0) is 28.7 Å². The second-order valence-corrected chi connectivity index (χ2v) is 8.49. The first-order valence-corrected chi connectivity index (χ1v) is 11.2. The number of carboxylic acid groups (broad SMARTS) is 1. The van der Waals surface area contributed by atoms with Crippen molar-refractivity contribution in [3.05, 3.63) is 59.7 Å². The Morgan fingerprint density at radius 2 is 1.76 bits per heavy atom. The van der Waals surface area contributed by atoms with Crippen molar-refractivity contribution in [2.24, 2.45) is 0 Å². The lowest BCUT2D eigenvalue weighted by Gasteiger charge is -2.27. The fourth-order valence-corrected chi connectivity index (χ4v) is 4.55. The predicted octanol–water partition coefficient (Wildman–Crippen LogP) is 3.05. The van der Waals surface area contributed by atoms with Crippen molar-refractivity contribution in [2.45, 2.75) is 43.7 Å². The summed E-state index contributed by atoms with van der Waals surface area (Å²) < 4.78 is 10.7. The molecule has 2 amide bonds. The van der Waals surface area contributed by atoms with E-state index in [0.717, 1.165) is 22.3 Å². The summed E-state index contributed by atoms with van der Waals surface area (Å²) in [6.45, 7) is 2.17. The molecule has 2 atom stereocenters. The van der Waals surface area contributed by atoms with Crippen molar-refractivity contribution in [2.75, 3.05) is 19.8 Å². The van der Waals surface area contributed by atoms with Crippen molar-refractivity contribution in [3.63, 3.8) is 0 Å². The lowest BCUT2D eigenvalue weighted by Crippen LogP contribution is -2.59. The zero-order chi connectivity index (χ0) is 23.4. The van der Waals surface area contributed by atoms with Gasteiger partial charge in [0.2, 0.25) is 5.91 Å². The van der Waals surface area contributed by atoms with Gasteiger partial charge in [-0.15, -0.1) is 0 Å². The lowest BCUT2D eigenvalue weighted by molar-refractivity contribution is -0.148. The van der Waals surface area contributed by atoms with E-state index in [-0.39, 0.29) is 32.2 Å². The third-order valence-corrected chi connectivity index (χ3v) is 6.32. The molecule has 3 N–H and O–H groups in total. The Morgan fingerprint density at radius 1 is 1.12 bits per heavy atom. The van der Waals surface area contributed by atoms with Crippen LogP contribution in [-0.2, 0) is 19.1 Å². The summed E-state index contributed by atoms with van der Waals surface area (Å²) in [5, 5.41) is 14.7. The summed E-state index contributed by atoms with van der Waals surface area (Å²) in [4.78, 5) is 37.1. The SMILES string of the molecule is CCCC(NC(=O)OCC1c2ccccc2-c2ccccc21)C(=O)NC1(C(=O)O)CCOC1. The Bertz CT molecular complexity index is 1000. The number of carbonyl (C=O) groups excluding carboxylic acids is 2. The molecule has 1 fully saturated rings. The highest BCUT2D eigenvalue weighted by molar-refractivity contribution is 5.91. The fourth-order valence-electron chi connectivity index (χ4n) is 4.55. The van der Waals surface area contributed by atoms with Gasteiger partial charge in [0, 0.05) is 18.9 Å². The third-order valence-electron chi connectivity index (χ3n) is 6.32. The van der Waals surface area contributed by atoms with Gasteiger partial charge in [-0.3, -0.25) is 4.79 Å². The number of benzene rings is 2. The number of amides is 2. The number of hydrogen-bond donors (Lipinski definition) is 3. The van der Waals surface area contributed by atoms with Gasteiger partial charge >= 0.3 is 12.1 Å². The Hall–Kier alpha value is -3.39. The van der Waals surface area contributed by atoms with Crippen LogP contribution in [0.15, 0.2) is 48.5 Å². The number of ether oxygens (including phenoxy) is 2. The number of alkyl carbamates (subject to hydrolysis) is 1. The smallest absolute Gasteiger partial charge is 0.407 e. The Morgan fingerprint density at radius 3 is 2.30 bits per heavy atom. The maximum absolute atomic E-state index is 12.8. The van der Waals surface area contributed by atoms with Crippen molar-refractivity contribution in [1.29, 1.82) is 0 Å². The van der Waals surface area contributed by atoms with E-state index in [0.29, 0.717) is 12.8 Å². The van der Waals surface area contributed by atoms with E-state index in [1.165, 1.54) is 0 Å². The summed E-state index contributed by atoms with van der Waals surface area (Å²) in [7, 11) is 0. The molecule has 0 radical (unpaired) electrons. The largest absolute Gasteiger partial charge is 0.479 e. The van der Waals surface area contributed by atoms with Gasteiger partial charge in [0.05, 0.1) is 6.61 Å². The molecule has 8 heteroatoms. The minimum Gasteiger partial charge on any atom is -0.479 e. The zero-order valence-electron chi connectivity index (χ0n) is 18.5. The van der Waals surface area contributed by atoms with E-state index >= 15 is 0 Å². The van der Waals surface area contributed by atoms with E-state index in [1.807, 2.05) is 43.3 Å². The monoisotopic (exact) mass is 452 g/mol. The first kappa shape index (κ1) is 22.8. The number of nitrogens with one attached hydrogen (secondary N) is 2. The molecule has 1 aliphatic carbocycles. The molecule has 8 nitrogen and oxygen atoms in total. The standard InChI is InChI=1S/C25H28N2O6/c1-2-7-21(22(28)27-25(23(29)30)12-13-32-15-25)26-24(31)33-14-20-18-10-5-3-8-16(18)17-9-4-6-11-19(17)20/h3-6,8-11,20-21H,2,7,12-15H2,1H3,(H,26,31)(H,27,28)(H,29,30). The molecule has 2 aliphatic rings. The molecule has 0 bridgehead atoms. The molecule has 0 spiro atoms. The summed E-state index contributed by atoms with van der Waals surface area (Å²) >= 11 is 0. The summed E-state index contributed by atoms with van der Waals surface area (Å²) in [5.41, 5.74) is 2.98. The van der Waals surface area contributed by atoms with Crippen molar-refractivity contribution in [3.8, 4) is 11.1 Å². The molecule has 1 saturated heterocycles. The van der Waals surface area contributed by atoms with Crippen LogP contribution in [0.2, 0.25) is 0 Å². The minimum atomic E-state index is -1.47. The van der Waals surface area contributed by atoms with Gasteiger partial charge < -0.3 is 25.2 Å². The maximum atomic E-state index is 12.8. The number of hydrogen-bond acceptors (Lipinski definition) is 5. The molecule has 2 aromatic rings. The van der Waals surface area contributed by atoms with Gasteiger partial charge in [-0.2, -0.15) is 0 Å². The van der Waals surface area contributed by atoms with Crippen LogP contribution in [0.5, 0.6) is 0 Å². The first-order valence-electron chi connectivity index (χ1n) is 11.2. The second kappa shape index (κ2) is 9.62. The quantitative estimate of drug-likeness (QED) is 0.567. The average Bonchev–Trinajstić information content (AvgIpc) is 3.41. The molecule has 4 rings (SSSR count). The van der Waals surface area contributed by atoms with Crippen LogP contribution in [0.3, 0.4) is 0 Å². The van der Waals surface area contributed by atoms with Crippen LogP contribution in [-0.4, -0.2) is 54.5 Å². The molecule has 2 unspecified atom stereocenters. The van der Waals surface area contributed by atoms with Crippen molar-refractivity contribution < 1.29 is 29.0 Å². The van der Waals surface area contributed by atoms with E-state index in [9.17, 15) is 19.5 Å². The van der Waals surface area contributed by atoms with Gasteiger partial charge in [0.25, 0.3) is 0 Å². The van der Waals surface area contributed by atoms with Crippen LogP contribution in [0, 0.1) is 0 Å². The number of carboxylic acids is 1. The summed E-state index contributed by atoms with van der Waals surface area (Å²) in [6.07, 6.45) is 0.445. The summed E-state index contributed by atoms with van der Waals surface area (Å²) in [6, 6.07) is 15.2. The van der Waals surface area contributed by atoms with Crippen LogP contribution in [0.1, 0.15) is 43.2 Å². The van der Waals surface area contributed by atoms with E-state index < -0.39 is 29.6 Å². The molecule has 33 heavy (non-hydrogen) atoms. The Labute approximate surface area is 192 Å². The average molecular weight is 453 g/mol. The van der Waals surface area contributed by atoms with Crippen LogP contribution < -0.4 is 10.6 Å². The van der Waals surface area contributed by atoms with Crippen LogP contribution in [0.4, 0.5) is 4.79 Å². The van der Waals surface area contributed by atoms with Gasteiger partial charge in [-0.1, -0.05) is 61.9 Å². The Balaban J connectivity index is 1.41. The predicted molar refractivity (Wildman–Crippen MR) is 121 cm³/mol. The van der Waals surface area contributed by atoms with Crippen molar-refractivity contribution >= 4 is 18.0 Å². The number of carbonyl (C=O) groups is 3. The van der Waals surface area contributed by atoms with Gasteiger partial charge in [0.15, 0.2) is 5.54 Å². The zero-order valence-corrected chi connectivity index (χ0v) is 18.5. The molecular formula is C25H28N2O6. The van der Waals surface area contributed by atoms with E-state index in [1.54, 1.807) is 0 Å².